The van der Waals surface area contributed by atoms with Gasteiger partial charge in [-0.1, -0.05) is 48.5 Å². The average Bonchev–Trinajstić information content (AvgIpc) is 3.12. The molecule has 1 atom stereocenters. The van der Waals surface area contributed by atoms with Crippen molar-refractivity contribution in [3.05, 3.63) is 95.6 Å². The van der Waals surface area contributed by atoms with E-state index in [4.69, 9.17) is 4.74 Å². The predicted octanol–water partition coefficient (Wildman–Crippen LogP) is 3.28. The van der Waals surface area contributed by atoms with Crippen LogP contribution in [0.1, 0.15) is 27.9 Å². The molecule has 0 aromatic heterocycles. The Labute approximate surface area is 211 Å². The van der Waals surface area contributed by atoms with Gasteiger partial charge in [0.05, 0.1) is 25.9 Å². The number of ketones is 1. The monoisotopic (exact) mass is 485 g/mol. The number of piperazine rings is 1. The second kappa shape index (κ2) is 10.2. The highest BCUT2D eigenvalue weighted by Gasteiger charge is 2.51. The number of hydrogen-bond donors (Lipinski definition) is 1. The first-order valence-corrected chi connectivity index (χ1v) is 12.3. The van der Waals surface area contributed by atoms with Crippen molar-refractivity contribution in [2.24, 2.45) is 0 Å². The van der Waals surface area contributed by atoms with Gasteiger partial charge in [0, 0.05) is 43.9 Å². The van der Waals surface area contributed by atoms with Crippen molar-refractivity contribution >= 4 is 17.4 Å². The van der Waals surface area contributed by atoms with Crippen molar-refractivity contribution in [3.63, 3.8) is 0 Å². The highest BCUT2D eigenvalue weighted by atomic mass is 16.5. The number of Topliss-reactive ketones (excluding diaryl/α,β-unsaturated/α-hetero) is 1. The van der Waals surface area contributed by atoms with E-state index in [0.29, 0.717) is 29.2 Å². The van der Waals surface area contributed by atoms with Gasteiger partial charge < -0.3 is 9.84 Å². The Hall–Kier alpha value is -3.52. The number of hydrogen-bond acceptors (Lipinski definition) is 6. The summed E-state index contributed by atoms with van der Waals surface area (Å²) < 4.78 is 5.16. The van der Waals surface area contributed by atoms with Crippen LogP contribution < -0.4 is 9.64 Å². The summed E-state index contributed by atoms with van der Waals surface area (Å²) in [7, 11) is 1.56. The number of carbonyl (C=O) groups excluding carboxylic acids is 2. The fourth-order valence-corrected chi connectivity index (χ4v) is 5.06. The Balaban J connectivity index is 1.27. The lowest BCUT2D eigenvalue weighted by atomic mass is 9.88. The molecule has 7 heteroatoms. The molecule has 1 unspecified atom stereocenters. The van der Waals surface area contributed by atoms with E-state index in [2.05, 4.69) is 34.1 Å². The highest BCUT2D eigenvalue weighted by Crippen LogP contribution is 2.43. The topological polar surface area (TPSA) is 73.3 Å². The number of aliphatic hydroxyl groups is 1. The molecule has 1 N–H and O–H groups in total. The molecule has 0 spiro atoms. The lowest BCUT2D eigenvalue weighted by Crippen LogP contribution is -2.52. The SMILES string of the molecule is COc1ccc(C(=O)CC2(O)C(=O)N(CN3CCN(Cc4ccccc4)CC3)c3ccccc32)cc1. The molecule has 0 aliphatic carbocycles. The van der Waals surface area contributed by atoms with E-state index in [1.807, 2.05) is 18.2 Å². The van der Waals surface area contributed by atoms with Crippen molar-refractivity contribution in [1.29, 1.82) is 0 Å². The van der Waals surface area contributed by atoms with E-state index >= 15 is 0 Å². The Kier molecular flexibility index (Phi) is 6.87. The standard InChI is InChI=1S/C29H31N3O4/c1-36-24-13-11-23(12-14-24)27(33)19-29(35)25-9-5-6-10-26(25)32(28(29)34)21-31-17-15-30(16-18-31)20-22-7-3-2-4-8-22/h2-14,35H,15-21H2,1H3. The van der Waals surface area contributed by atoms with E-state index in [-0.39, 0.29) is 12.2 Å². The van der Waals surface area contributed by atoms with E-state index in [1.165, 1.54) is 5.56 Å². The molecule has 0 radical (unpaired) electrons. The van der Waals surface area contributed by atoms with Crippen molar-refractivity contribution in [1.82, 2.24) is 9.80 Å². The fraction of sp³-hybridized carbons (Fsp3) is 0.310. The number of amides is 1. The number of nitrogens with zero attached hydrogens (tertiary/aromatic N) is 3. The number of anilines is 1. The van der Waals surface area contributed by atoms with Gasteiger partial charge >= 0.3 is 0 Å². The first-order valence-electron chi connectivity index (χ1n) is 12.3. The molecule has 1 fully saturated rings. The maximum Gasteiger partial charge on any atom is 0.265 e. The van der Waals surface area contributed by atoms with Crippen LogP contribution in [0.15, 0.2) is 78.9 Å². The molecule has 0 bridgehead atoms. The summed E-state index contributed by atoms with van der Waals surface area (Å²) in [5.74, 6) is -0.0976. The van der Waals surface area contributed by atoms with Gasteiger partial charge in [-0.15, -0.1) is 0 Å². The maximum atomic E-state index is 13.6. The number of carbonyl (C=O) groups is 2. The second-order valence-electron chi connectivity index (χ2n) is 9.46. The predicted molar refractivity (Wildman–Crippen MR) is 138 cm³/mol. The molecule has 7 nitrogen and oxygen atoms in total. The molecular formula is C29H31N3O4. The second-order valence-corrected chi connectivity index (χ2v) is 9.46. The summed E-state index contributed by atoms with van der Waals surface area (Å²) in [6.07, 6.45) is -0.309. The number of methoxy groups -OCH3 is 1. The summed E-state index contributed by atoms with van der Waals surface area (Å²) in [6.45, 7) is 4.74. The summed E-state index contributed by atoms with van der Waals surface area (Å²) in [6, 6.07) is 24.4. The van der Waals surface area contributed by atoms with Gasteiger partial charge in [-0.2, -0.15) is 0 Å². The lowest BCUT2D eigenvalue weighted by molar-refractivity contribution is -0.136. The van der Waals surface area contributed by atoms with Crippen molar-refractivity contribution in [2.75, 3.05) is 44.9 Å². The molecular weight excluding hydrogens is 454 g/mol. The smallest absolute Gasteiger partial charge is 0.265 e. The van der Waals surface area contributed by atoms with Gasteiger partial charge in [0.25, 0.3) is 5.91 Å². The first-order chi connectivity index (χ1) is 17.5. The summed E-state index contributed by atoms with van der Waals surface area (Å²) in [4.78, 5) is 32.9. The van der Waals surface area contributed by atoms with Crippen molar-refractivity contribution in [2.45, 2.75) is 18.6 Å². The first kappa shape index (κ1) is 24.2. The number of fused-ring (bicyclic) bond motifs is 1. The molecule has 3 aromatic carbocycles. The van der Waals surface area contributed by atoms with Crippen molar-refractivity contribution in [3.8, 4) is 5.75 Å². The minimum atomic E-state index is -1.89. The van der Waals surface area contributed by atoms with Crippen LogP contribution in [0.2, 0.25) is 0 Å². The van der Waals surface area contributed by atoms with Gasteiger partial charge in [0.15, 0.2) is 11.4 Å². The molecule has 1 saturated heterocycles. The third-order valence-corrected chi connectivity index (χ3v) is 7.12. The van der Waals surface area contributed by atoms with Crippen molar-refractivity contribution < 1.29 is 19.4 Å². The van der Waals surface area contributed by atoms with Crippen LogP contribution in [0, 0.1) is 0 Å². The summed E-state index contributed by atoms with van der Waals surface area (Å²) in [5.41, 5.74) is 0.991. The average molecular weight is 486 g/mol. The van der Waals surface area contributed by atoms with Crippen LogP contribution in [-0.4, -0.2) is 66.6 Å². The molecule has 2 heterocycles. The van der Waals surface area contributed by atoms with Gasteiger partial charge in [0.1, 0.15) is 5.75 Å². The fourth-order valence-electron chi connectivity index (χ4n) is 5.06. The van der Waals surface area contributed by atoms with Gasteiger partial charge in [-0.3, -0.25) is 24.3 Å². The largest absolute Gasteiger partial charge is 0.497 e. The zero-order valence-electron chi connectivity index (χ0n) is 20.5. The third kappa shape index (κ3) is 4.78. The van der Waals surface area contributed by atoms with Crippen LogP contribution in [-0.2, 0) is 16.9 Å². The van der Waals surface area contributed by atoms with Crippen LogP contribution in [0.5, 0.6) is 5.75 Å². The number of rotatable bonds is 8. The van der Waals surface area contributed by atoms with E-state index in [9.17, 15) is 14.7 Å². The Morgan fingerprint density at radius 2 is 1.53 bits per heavy atom. The van der Waals surface area contributed by atoms with Gasteiger partial charge in [-0.25, -0.2) is 0 Å². The van der Waals surface area contributed by atoms with E-state index in [0.717, 1.165) is 32.7 Å². The molecule has 0 saturated carbocycles. The molecule has 2 aliphatic heterocycles. The van der Waals surface area contributed by atoms with Gasteiger partial charge in [0.2, 0.25) is 0 Å². The molecule has 2 aliphatic rings. The Morgan fingerprint density at radius 1 is 0.889 bits per heavy atom. The molecule has 3 aromatic rings. The van der Waals surface area contributed by atoms with E-state index in [1.54, 1.807) is 48.4 Å². The molecule has 1 amide bonds. The van der Waals surface area contributed by atoms with Crippen LogP contribution >= 0.6 is 0 Å². The van der Waals surface area contributed by atoms with Gasteiger partial charge in [-0.05, 0) is 35.9 Å². The minimum absolute atomic E-state index is 0.292. The quantitative estimate of drug-likeness (QED) is 0.494. The number of benzene rings is 3. The highest BCUT2D eigenvalue weighted by molar-refractivity contribution is 6.10. The Morgan fingerprint density at radius 3 is 2.22 bits per heavy atom. The number of para-hydroxylation sites is 1. The summed E-state index contributed by atoms with van der Waals surface area (Å²) in [5, 5.41) is 11.6. The number of ether oxygens (including phenoxy) is 1. The zero-order chi connectivity index (χ0) is 25.1. The molecule has 36 heavy (non-hydrogen) atoms. The normalized spacial score (nSPS) is 20.4. The Bertz CT molecular complexity index is 1220. The van der Waals surface area contributed by atoms with E-state index < -0.39 is 11.5 Å². The van der Waals surface area contributed by atoms with Crippen LogP contribution in [0.3, 0.4) is 0 Å². The van der Waals surface area contributed by atoms with Crippen LogP contribution in [0.25, 0.3) is 0 Å². The third-order valence-electron chi connectivity index (χ3n) is 7.12. The molecule has 186 valence electrons. The minimum Gasteiger partial charge on any atom is -0.497 e. The maximum absolute atomic E-state index is 13.6. The lowest BCUT2D eigenvalue weighted by Gasteiger charge is -2.37. The van der Waals surface area contributed by atoms with Crippen LogP contribution in [0.4, 0.5) is 5.69 Å². The zero-order valence-corrected chi connectivity index (χ0v) is 20.5. The molecule has 5 rings (SSSR count). The summed E-state index contributed by atoms with van der Waals surface area (Å²) >= 11 is 0.